The Balaban J connectivity index is 0.000000293. The highest BCUT2D eigenvalue weighted by atomic mass is 35.5. The molecule has 0 radical (unpaired) electrons. The molecule has 2 saturated carbocycles. The Morgan fingerprint density at radius 1 is 0.769 bits per heavy atom. The zero-order valence-electron chi connectivity index (χ0n) is 28.7. The minimum Gasteiger partial charge on any atom is -0.389 e. The van der Waals surface area contributed by atoms with E-state index in [2.05, 4.69) is 62.4 Å². The summed E-state index contributed by atoms with van der Waals surface area (Å²) in [5.41, 5.74) is 3.32. The lowest BCUT2D eigenvalue weighted by Crippen LogP contribution is -3.06. The number of quaternary nitrogens is 1. The van der Waals surface area contributed by atoms with Gasteiger partial charge in [0.15, 0.2) is 0 Å². The Hall–Kier alpha value is -1.43. The summed E-state index contributed by atoms with van der Waals surface area (Å²) < 4.78 is 30.3. The van der Waals surface area contributed by atoms with Gasteiger partial charge in [-0.15, -0.1) is 12.4 Å². The Labute approximate surface area is 250 Å². The van der Waals surface area contributed by atoms with Crippen LogP contribution in [0.25, 0.3) is 0 Å². The van der Waals surface area contributed by atoms with Crippen molar-refractivity contribution in [1.29, 1.82) is 0 Å². The Morgan fingerprint density at radius 2 is 1.18 bits per heavy atom. The van der Waals surface area contributed by atoms with Crippen LogP contribution < -0.4 is 4.90 Å². The molecular weight excluding hydrogens is 504 g/mol. The summed E-state index contributed by atoms with van der Waals surface area (Å²) in [6, 6.07) is 16.7. The van der Waals surface area contributed by atoms with Crippen LogP contribution in [0.5, 0.6) is 0 Å². The van der Waals surface area contributed by atoms with Gasteiger partial charge in [-0.2, -0.15) is 0 Å². The van der Waals surface area contributed by atoms with Crippen LogP contribution in [0.2, 0.25) is 0 Å². The maximum Gasteiger partial charge on any atom is 0.0886 e. The van der Waals surface area contributed by atoms with Crippen molar-refractivity contribution in [3.63, 3.8) is 0 Å². The summed E-state index contributed by atoms with van der Waals surface area (Å²) >= 11 is 0. The zero-order chi connectivity index (χ0) is 30.9. The van der Waals surface area contributed by atoms with E-state index in [0.717, 1.165) is 67.4 Å². The molecular formula is C34H56ClN2O2+. The summed E-state index contributed by atoms with van der Waals surface area (Å²) in [5, 5.41) is 22.3. The first-order valence-electron chi connectivity index (χ1n) is 16.9. The van der Waals surface area contributed by atoms with Gasteiger partial charge in [-0.3, -0.25) is 0 Å². The van der Waals surface area contributed by atoms with E-state index in [4.69, 9.17) is 5.48 Å². The molecule has 0 amide bonds. The van der Waals surface area contributed by atoms with Gasteiger partial charge in [-0.1, -0.05) is 98.2 Å². The van der Waals surface area contributed by atoms with Gasteiger partial charge in [0, 0.05) is 15.2 Å². The van der Waals surface area contributed by atoms with E-state index >= 15 is 0 Å². The number of benzene rings is 2. The van der Waals surface area contributed by atoms with Gasteiger partial charge < -0.3 is 20.0 Å². The van der Waals surface area contributed by atoms with Gasteiger partial charge in [0.05, 0.1) is 40.5 Å². The van der Waals surface area contributed by atoms with Gasteiger partial charge >= 0.3 is 0 Å². The fraction of sp³-hybridized carbons (Fsp3) is 0.647. The second kappa shape index (κ2) is 15.5. The highest BCUT2D eigenvalue weighted by Crippen LogP contribution is 2.41. The zero-order valence-corrected chi connectivity index (χ0v) is 25.5. The number of rotatable bonds is 8. The lowest BCUT2D eigenvalue weighted by Gasteiger charge is -2.40. The quantitative estimate of drug-likeness (QED) is 0.387. The standard InChI is InChI=1S/2C17H27NO.ClH/c2*1-14-7-9-15(10-8-14)16(13-18(2)3)17(19)11-5-4-6-12-17;/h2*7-10,16,19H,4-6,11-13H2,1-3H3;1H/p+1/t16-;;/m0../s1/i2*2D2;. The maximum atomic E-state index is 11.1. The van der Waals surface area contributed by atoms with Crippen LogP contribution in [-0.4, -0.2) is 67.5 Å². The summed E-state index contributed by atoms with van der Waals surface area (Å²) in [4.78, 5) is 2.52. The van der Waals surface area contributed by atoms with E-state index in [9.17, 15) is 10.2 Å². The fourth-order valence-electron chi connectivity index (χ4n) is 6.44. The number of nitrogens with one attached hydrogen (secondary N) is 1. The molecule has 0 spiro atoms. The molecule has 0 heterocycles. The van der Waals surface area contributed by atoms with Crippen molar-refractivity contribution < 1.29 is 20.6 Å². The summed E-state index contributed by atoms with van der Waals surface area (Å²) in [7, 11) is 3.66. The molecule has 220 valence electrons. The minimum absolute atomic E-state index is 0. The molecule has 4 rings (SSSR count). The van der Waals surface area contributed by atoms with Gasteiger partial charge in [0.1, 0.15) is 0 Å². The lowest BCUT2D eigenvalue weighted by molar-refractivity contribution is -0.860. The predicted molar refractivity (Wildman–Crippen MR) is 167 cm³/mol. The van der Waals surface area contributed by atoms with Crippen molar-refractivity contribution in [3.8, 4) is 0 Å². The van der Waals surface area contributed by atoms with Crippen LogP contribution >= 0.6 is 12.4 Å². The Morgan fingerprint density at radius 3 is 1.59 bits per heavy atom. The highest BCUT2D eigenvalue weighted by Gasteiger charge is 2.40. The molecule has 39 heavy (non-hydrogen) atoms. The van der Waals surface area contributed by atoms with Crippen LogP contribution in [0, 0.1) is 13.8 Å². The number of likely N-dealkylation sites (N-methyl/N-ethyl adjacent to an activating group) is 2. The van der Waals surface area contributed by atoms with E-state index < -0.39 is 25.2 Å². The van der Waals surface area contributed by atoms with Crippen molar-refractivity contribution in [3.05, 3.63) is 70.8 Å². The van der Waals surface area contributed by atoms with Crippen LogP contribution in [-0.2, 0) is 0 Å². The summed E-state index contributed by atoms with van der Waals surface area (Å²) in [5.74, 6) is -0.0156. The topological polar surface area (TPSA) is 48.1 Å². The minimum atomic E-state index is -0.995. The molecule has 2 aromatic rings. The molecule has 2 aromatic carbocycles. The third-order valence-electron chi connectivity index (χ3n) is 8.69. The first-order valence-corrected chi connectivity index (χ1v) is 14.6. The second-order valence-electron chi connectivity index (χ2n) is 12.2. The van der Waals surface area contributed by atoms with E-state index in [1.54, 1.807) is 11.9 Å². The molecule has 2 aliphatic carbocycles. The number of hydrogen-bond donors (Lipinski definition) is 3. The van der Waals surface area contributed by atoms with Gasteiger partial charge in [-0.25, -0.2) is 0 Å². The normalized spacial score (nSPS) is 22.3. The average molecular weight is 564 g/mol. The molecule has 5 heteroatoms. The van der Waals surface area contributed by atoms with Crippen LogP contribution in [0.15, 0.2) is 48.5 Å². The van der Waals surface area contributed by atoms with Crippen molar-refractivity contribution in [2.45, 2.75) is 101 Å². The van der Waals surface area contributed by atoms with E-state index in [1.807, 2.05) is 7.05 Å². The van der Waals surface area contributed by atoms with Crippen molar-refractivity contribution in [2.24, 2.45) is 0 Å². The number of hydrogen-bond acceptors (Lipinski definition) is 3. The molecule has 0 aromatic heterocycles. The van der Waals surface area contributed by atoms with Crippen molar-refractivity contribution in [2.75, 3.05) is 41.2 Å². The SMILES string of the molecule is Cl.[2H]C([2H])N(C)CC(c1ccc(C)cc1)C1(O)CCCCC1.[2H]C([2H])[NH+](C)C[C@@H](c1ccc(C)cc1)C1(O)CCCCC1. The summed E-state index contributed by atoms with van der Waals surface area (Å²) in [6.45, 7) is 3.41. The van der Waals surface area contributed by atoms with Crippen LogP contribution in [0.4, 0.5) is 0 Å². The molecule has 3 atom stereocenters. The summed E-state index contributed by atoms with van der Waals surface area (Å²) in [6.07, 6.45) is 9.97. The molecule has 2 fully saturated rings. The third-order valence-corrected chi connectivity index (χ3v) is 8.69. The van der Waals surface area contributed by atoms with Crippen LogP contribution in [0.3, 0.4) is 0 Å². The molecule has 3 N–H and O–H groups in total. The van der Waals surface area contributed by atoms with E-state index in [1.165, 1.54) is 24.0 Å². The second-order valence-corrected chi connectivity index (χ2v) is 12.2. The molecule has 0 aliphatic heterocycles. The first kappa shape index (κ1) is 27.7. The smallest absolute Gasteiger partial charge is 0.0886 e. The number of halogens is 1. The first-order chi connectivity index (χ1) is 19.8. The number of nitrogens with zero attached hydrogens (tertiary/aromatic N) is 1. The molecule has 4 nitrogen and oxygen atoms in total. The predicted octanol–water partition coefficient (Wildman–Crippen LogP) is 5.68. The maximum absolute atomic E-state index is 11.1. The number of aryl methyl sites for hydroxylation is 2. The fourth-order valence-corrected chi connectivity index (χ4v) is 6.44. The van der Waals surface area contributed by atoms with Crippen LogP contribution in [0.1, 0.15) is 104 Å². The molecule has 0 bridgehead atoms. The third kappa shape index (κ3) is 9.86. The van der Waals surface area contributed by atoms with E-state index in [0.29, 0.717) is 13.1 Å². The van der Waals surface area contributed by atoms with Gasteiger partial charge in [0.25, 0.3) is 0 Å². The van der Waals surface area contributed by atoms with E-state index in [-0.39, 0.29) is 24.2 Å². The lowest BCUT2D eigenvalue weighted by atomic mass is 9.72. The highest BCUT2D eigenvalue weighted by molar-refractivity contribution is 5.85. The monoisotopic (exact) mass is 563 g/mol. The van der Waals surface area contributed by atoms with Gasteiger partial charge in [0.2, 0.25) is 0 Å². The average Bonchev–Trinajstić information content (AvgIpc) is 2.96. The van der Waals surface area contributed by atoms with Gasteiger partial charge in [-0.05, 0) is 64.7 Å². The Kier molecular flexibility index (Phi) is 11.0. The molecule has 2 aliphatic rings. The van der Waals surface area contributed by atoms with Crippen molar-refractivity contribution >= 4 is 12.4 Å². The largest absolute Gasteiger partial charge is 0.389 e. The van der Waals surface area contributed by atoms with Crippen molar-refractivity contribution in [1.82, 2.24) is 4.90 Å². The molecule has 2 unspecified atom stereocenters. The number of aliphatic hydroxyl groups is 2. The Bertz CT molecular complexity index is 974. The molecule has 0 saturated heterocycles.